The summed E-state index contributed by atoms with van der Waals surface area (Å²) in [5.74, 6) is -0.684. The summed E-state index contributed by atoms with van der Waals surface area (Å²) in [5, 5.41) is 0. The number of ether oxygens (including phenoxy) is 2. The average Bonchev–Trinajstić information content (AvgIpc) is 2.33. The van der Waals surface area contributed by atoms with Crippen LogP contribution in [0.5, 0.6) is 0 Å². The molecule has 0 N–H and O–H groups in total. The van der Waals surface area contributed by atoms with E-state index in [4.69, 9.17) is 9.47 Å². The Hall–Kier alpha value is -1.58. The van der Waals surface area contributed by atoms with Crippen molar-refractivity contribution in [2.24, 2.45) is 10.8 Å². The third kappa shape index (κ3) is 6.46. The van der Waals surface area contributed by atoms with Crippen LogP contribution in [0, 0.1) is 10.8 Å². The molecule has 0 rings (SSSR count). The van der Waals surface area contributed by atoms with Gasteiger partial charge in [0.1, 0.15) is 12.2 Å². The van der Waals surface area contributed by atoms with Crippen LogP contribution in [0.4, 0.5) is 0 Å². The van der Waals surface area contributed by atoms with Crippen molar-refractivity contribution in [3.63, 3.8) is 0 Å². The van der Waals surface area contributed by atoms with Gasteiger partial charge in [0.15, 0.2) is 0 Å². The van der Waals surface area contributed by atoms with Crippen LogP contribution in [0.2, 0.25) is 0 Å². The molecule has 0 aromatic heterocycles. The topological polar surface area (TPSA) is 52.6 Å². The van der Waals surface area contributed by atoms with E-state index in [0.29, 0.717) is 12.8 Å². The fourth-order valence-corrected chi connectivity index (χ4v) is 2.33. The number of allylic oxidation sites excluding steroid dienone is 1. The first-order valence-corrected chi connectivity index (χ1v) is 7.50. The summed E-state index contributed by atoms with van der Waals surface area (Å²) < 4.78 is 10.6. The van der Waals surface area contributed by atoms with E-state index in [1.165, 1.54) is 6.08 Å². The summed E-state index contributed by atoms with van der Waals surface area (Å²) >= 11 is 0. The van der Waals surface area contributed by atoms with Gasteiger partial charge in [-0.3, -0.25) is 9.59 Å². The van der Waals surface area contributed by atoms with E-state index in [9.17, 15) is 9.59 Å². The highest BCUT2D eigenvalue weighted by atomic mass is 16.6. The van der Waals surface area contributed by atoms with E-state index in [1.807, 2.05) is 20.8 Å². The lowest BCUT2D eigenvalue weighted by Crippen LogP contribution is -2.41. The zero-order valence-electron chi connectivity index (χ0n) is 14.8. The smallest absolute Gasteiger partial charge is 0.312 e. The van der Waals surface area contributed by atoms with Crippen LogP contribution in [0.3, 0.4) is 0 Å². The summed E-state index contributed by atoms with van der Waals surface area (Å²) in [5.41, 5.74) is -2.21. The second-order valence-corrected chi connectivity index (χ2v) is 7.50. The molecule has 1 unspecified atom stereocenters. The normalized spacial score (nSPS) is 14.6. The van der Waals surface area contributed by atoms with Gasteiger partial charge >= 0.3 is 11.9 Å². The molecular formula is C18H30O4. The number of rotatable bonds is 8. The van der Waals surface area contributed by atoms with Gasteiger partial charge < -0.3 is 9.47 Å². The summed E-state index contributed by atoms with van der Waals surface area (Å²) in [6.07, 6.45) is 3.94. The molecule has 0 bridgehead atoms. The fourth-order valence-electron chi connectivity index (χ4n) is 2.33. The Morgan fingerprint density at radius 3 is 1.91 bits per heavy atom. The van der Waals surface area contributed by atoms with Crippen molar-refractivity contribution in [2.75, 3.05) is 6.61 Å². The van der Waals surface area contributed by atoms with E-state index in [-0.39, 0.29) is 18.5 Å². The van der Waals surface area contributed by atoms with Crippen LogP contribution in [-0.4, -0.2) is 24.1 Å². The van der Waals surface area contributed by atoms with E-state index in [2.05, 4.69) is 13.2 Å². The Morgan fingerprint density at radius 2 is 1.50 bits per heavy atom. The van der Waals surface area contributed by atoms with Crippen LogP contribution in [-0.2, 0) is 19.1 Å². The highest BCUT2D eigenvalue weighted by Gasteiger charge is 2.44. The molecule has 0 aromatic rings. The molecule has 0 aliphatic heterocycles. The fraction of sp³-hybridized carbons (Fsp3) is 0.667. The molecule has 0 saturated carbocycles. The first kappa shape index (κ1) is 20.4. The molecule has 0 saturated heterocycles. The second-order valence-electron chi connectivity index (χ2n) is 7.50. The van der Waals surface area contributed by atoms with Crippen molar-refractivity contribution in [3.05, 3.63) is 25.3 Å². The quantitative estimate of drug-likeness (QED) is 0.501. The molecule has 0 radical (unpaired) electrons. The number of hydrogen-bond donors (Lipinski definition) is 0. The Bertz CT molecular complexity index is 429. The molecule has 0 aromatic carbocycles. The zero-order chi connectivity index (χ0) is 17.6. The summed E-state index contributed by atoms with van der Waals surface area (Å²) in [7, 11) is 0. The highest BCUT2D eigenvalue weighted by Crippen LogP contribution is 2.39. The van der Waals surface area contributed by atoms with Gasteiger partial charge in [-0.2, -0.15) is 0 Å². The predicted octanol–water partition coefficient (Wildman–Crippen LogP) is 4.06. The summed E-state index contributed by atoms with van der Waals surface area (Å²) in [6.45, 7) is 18.2. The molecule has 0 amide bonds. The SMILES string of the molecule is C=CCOC(=O)C(C)(C)CC(C)(CC=C)C(=O)OC(C)(C)C. The summed E-state index contributed by atoms with van der Waals surface area (Å²) in [4.78, 5) is 24.7. The van der Waals surface area contributed by atoms with Crippen molar-refractivity contribution in [1.29, 1.82) is 0 Å². The molecule has 0 spiro atoms. The highest BCUT2D eigenvalue weighted by molar-refractivity contribution is 5.80. The van der Waals surface area contributed by atoms with Gasteiger partial charge in [0.25, 0.3) is 0 Å². The number of carbonyl (C=O) groups excluding carboxylic acids is 2. The standard InChI is InChI=1S/C18H30O4/c1-9-11-18(8,15(20)22-16(3,4)5)13-17(6,7)14(19)21-12-10-2/h9-10H,1-2,11-13H2,3-8H3. The molecule has 22 heavy (non-hydrogen) atoms. The van der Waals surface area contributed by atoms with E-state index >= 15 is 0 Å². The van der Waals surface area contributed by atoms with Crippen LogP contribution in [0.1, 0.15) is 54.4 Å². The zero-order valence-corrected chi connectivity index (χ0v) is 14.8. The van der Waals surface area contributed by atoms with Crippen molar-refractivity contribution in [2.45, 2.75) is 60.0 Å². The second kappa shape index (κ2) is 7.61. The maximum absolute atomic E-state index is 12.5. The third-order valence-corrected chi connectivity index (χ3v) is 3.20. The molecule has 0 heterocycles. The van der Waals surface area contributed by atoms with Gasteiger partial charge in [-0.1, -0.05) is 18.7 Å². The van der Waals surface area contributed by atoms with Gasteiger partial charge in [-0.15, -0.1) is 6.58 Å². The van der Waals surface area contributed by atoms with Crippen LogP contribution < -0.4 is 0 Å². The Balaban J connectivity index is 5.23. The molecule has 0 fully saturated rings. The number of hydrogen-bond acceptors (Lipinski definition) is 4. The first-order chi connectivity index (χ1) is 9.88. The first-order valence-electron chi connectivity index (χ1n) is 7.50. The Morgan fingerprint density at radius 1 is 0.955 bits per heavy atom. The summed E-state index contributed by atoms with van der Waals surface area (Å²) in [6, 6.07) is 0. The molecule has 0 aliphatic carbocycles. The molecule has 1 atom stereocenters. The van der Waals surface area contributed by atoms with Gasteiger partial charge in [0.05, 0.1) is 10.8 Å². The lowest BCUT2D eigenvalue weighted by atomic mass is 9.72. The third-order valence-electron chi connectivity index (χ3n) is 3.20. The van der Waals surface area contributed by atoms with E-state index in [0.717, 1.165) is 0 Å². The minimum atomic E-state index is -0.828. The van der Waals surface area contributed by atoms with Crippen molar-refractivity contribution < 1.29 is 19.1 Å². The molecular weight excluding hydrogens is 280 g/mol. The van der Waals surface area contributed by atoms with Gasteiger partial charge in [-0.25, -0.2) is 0 Å². The number of esters is 2. The van der Waals surface area contributed by atoms with Crippen molar-refractivity contribution >= 4 is 11.9 Å². The van der Waals surface area contributed by atoms with Crippen molar-refractivity contribution in [1.82, 2.24) is 0 Å². The van der Waals surface area contributed by atoms with E-state index in [1.54, 1.807) is 26.8 Å². The molecule has 4 heteroatoms. The Labute approximate surface area is 134 Å². The monoisotopic (exact) mass is 310 g/mol. The largest absolute Gasteiger partial charge is 0.461 e. The van der Waals surface area contributed by atoms with Gasteiger partial charge in [-0.05, 0) is 54.4 Å². The Kier molecular flexibility index (Phi) is 7.07. The lowest BCUT2D eigenvalue weighted by molar-refractivity contribution is -0.170. The van der Waals surface area contributed by atoms with Crippen LogP contribution in [0.25, 0.3) is 0 Å². The molecule has 0 aliphatic rings. The molecule has 126 valence electrons. The minimum absolute atomic E-state index is 0.160. The number of carbonyl (C=O) groups is 2. The van der Waals surface area contributed by atoms with Gasteiger partial charge in [0, 0.05) is 0 Å². The maximum Gasteiger partial charge on any atom is 0.312 e. The van der Waals surface area contributed by atoms with Gasteiger partial charge in [0.2, 0.25) is 0 Å². The van der Waals surface area contributed by atoms with E-state index < -0.39 is 16.4 Å². The lowest BCUT2D eigenvalue weighted by Gasteiger charge is -2.35. The van der Waals surface area contributed by atoms with Crippen molar-refractivity contribution in [3.8, 4) is 0 Å². The molecule has 4 nitrogen and oxygen atoms in total. The van der Waals surface area contributed by atoms with Crippen LogP contribution in [0.15, 0.2) is 25.3 Å². The average molecular weight is 310 g/mol. The predicted molar refractivity (Wildman–Crippen MR) is 88.3 cm³/mol. The van der Waals surface area contributed by atoms with Crippen LogP contribution >= 0.6 is 0 Å². The maximum atomic E-state index is 12.5. The minimum Gasteiger partial charge on any atom is -0.461 e.